The van der Waals surface area contributed by atoms with Crippen molar-refractivity contribution >= 4 is 29.0 Å². The molecule has 3 aromatic carbocycles. The number of rotatable bonds is 11. The Morgan fingerprint density at radius 3 is 2.39 bits per heavy atom. The molecular weight excluding hydrogens is 462 g/mol. The number of phenolic OH excluding ortho intramolecular Hbond substituents is 1. The number of esters is 1. The normalized spacial score (nSPS) is 10.6. The zero-order chi connectivity index (χ0) is 25.9. The molecule has 0 saturated carbocycles. The van der Waals surface area contributed by atoms with Crippen molar-refractivity contribution in [2.75, 3.05) is 19.8 Å². The maximum atomic E-state index is 12.9. The lowest BCUT2D eigenvalue weighted by molar-refractivity contribution is -0.137. The van der Waals surface area contributed by atoms with Gasteiger partial charge in [-0.2, -0.15) is 5.11 Å². The highest BCUT2D eigenvalue weighted by Gasteiger charge is 2.18. The second kappa shape index (κ2) is 12.6. The van der Waals surface area contributed by atoms with Gasteiger partial charge in [-0.1, -0.05) is 36.9 Å². The minimum atomic E-state index is -0.559. The number of carbonyl (C=O) groups excluding carboxylic acids is 3. The van der Waals surface area contributed by atoms with Crippen LogP contribution in [0.5, 0.6) is 11.5 Å². The summed E-state index contributed by atoms with van der Waals surface area (Å²) in [4.78, 5) is 36.1. The third-order valence-electron chi connectivity index (χ3n) is 4.86. The van der Waals surface area contributed by atoms with Gasteiger partial charge in [0, 0.05) is 23.3 Å². The van der Waals surface area contributed by atoms with Crippen LogP contribution in [0.25, 0.3) is 0 Å². The number of nitrogens with one attached hydrogen (secondary N) is 1. The summed E-state index contributed by atoms with van der Waals surface area (Å²) in [5.41, 5.74) is 1.61. The van der Waals surface area contributed by atoms with E-state index in [-0.39, 0.29) is 47.6 Å². The van der Waals surface area contributed by atoms with Gasteiger partial charge in [0.25, 0.3) is 5.91 Å². The molecule has 184 valence electrons. The summed E-state index contributed by atoms with van der Waals surface area (Å²) in [6.07, 6.45) is 1.05. The molecule has 0 spiro atoms. The monoisotopic (exact) mass is 487 g/mol. The molecule has 0 saturated heterocycles. The van der Waals surface area contributed by atoms with E-state index in [2.05, 4.69) is 22.1 Å². The highest BCUT2D eigenvalue weighted by molar-refractivity contribution is 6.11. The molecule has 0 aliphatic rings. The Kier molecular flexibility index (Phi) is 9.05. The number of ketones is 1. The molecule has 0 unspecified atom stereocenters. The standard InChI is InChI=1S/C27H25N3O6/c1-3-25(32)36-15-14-28-27(34)19-10-12-20(13-11-19)29-30-22-16-21(23(31)17-24(22)35-4-2)26(33)18-8-6-5-7-9-18/h3,5-13,16-17,31H,1,4,14-15H2,2H3,(H,28,34)/b30-29+. The van der Waals surface area contributed by atoms with Gasteiger partial charge in [-0.3, -0.25) is 9.59 Å². The molecular formula is C27H25N3O6. The van der Waals surface area contributed by atoms with Gasteiger partial charge in [-0.05, 0) is 37.3 Å². The van der Waals surface area contributed by atoms with E-state index in [0.717, 1.165) is 6.08 Å². The van der Waals surface area contributed by atoms with E-state index < -0.39 is 5.97 Å². The van der Waals surface area contributed by atoms with Crippen molar-refractivity contribution < 1.29 is 29.0 Å². The Morgan fingerprint density at radius 2 is 1.72 bits per heavy atom. The van der Waals surface area contributed by atoms with Crippen LogP contribution in [0.1, 0.15) is 33.2 Å². The van der Waals surface area contributed by atoms with Crippen molar-refractivity contribution in [3.05, 3.63) is 96.1 Å². The predicted octanol–water partition coefficient (Wildman–Crippen LogP) is 4.90. The molecule has 0 radical (unpaired) electrons. The van der Waals surface area contributed by atoms with Gasteiger partial charge in [0.2, 0.25) is 0 Å². The summed E-state index contributed by atoms with van der Waals surface area (Å²) in [5, 5.41) is 21.4. The van der Waals surface area contributed by atoms with Crippen LogP contribution < -0.4 is 10.1 Å². The molecule has 0 aliphatic carbocycles. The van der Waals surface area contributed by atoms with Crippen LogP contribution in [0.4, 0.5) is 11.4 Å². The van der Waals surface area contributed by atoms with Gasteiger partial charge in [0.15, 0.2) is 11.5 Å². The number of azo groups is 1. The molecule has 0 atom stereocenters. The summed E-state index contributed by atoms with van der Waals surface area (Å²) in [6.45, 7) is 5.60. The van der Waals surface area contributed by atoms with Crippen LogP contribution in [0, 0.1) is 0 Å². The topological polar surface area (TPSA) is 127 Å². The van der Waals surface area contributed by atoms with E-state index in [9.17, 15) is 19.5 Å². The van der Waals surface area contributed by atoms with Gasteiger partial charge < -0.3 is 19.9 Å². The van der Waals surface area contributed by atoms with E-state index >= 15 is 0 Å². The first-order valence-corrected chi connectivity index (χ1v) is 11.1. The van der Waals surface area contributed by atoms with E-state index in [1.54, 1.807) is 61.5 Å². The lowest BCUT2D eigenvalue weighted by Crippen LogP contribution is -2.27. The Balaban J connectivity index is 1.74. The third-order valence-corrected chi connectivity index (χ3v) is 4.86. The van der Waals surface area contributed by atoms with Crippen LogP contribution in [0.3, 0.4) is 0 Å². The summed E-state index contributed by atoms with van der Waals surface area (Å²) in [5.74, 6) is -1.20. The number of nitrogens with zero attached hydrogens (tertiary/aromatic N) is 2. The highest BCUT2D eigenvalue weighted by Crippen LogP contribution is 2.36. The van der Waals surface area contributed by atoms with Crippen molar-refractivity contribution in [1.29, 1.82) is 0 Å². The van der Waals surface area contributed by atoms with E-state index in [1.807, 2.05) is 0 Å². The maximum absolute atomic E-state index is 12.9. The predicted molar refractivity (Wildman–Crippen MR) is 133 cm³/mol. The van der Waals surface area contributed by atoms with Crippen LogP contribution >= 0.6 is 0 Å². The van der Waals surface area contributed by atoms with Crippen molar-refractivity contribution in [2.45, 2.75) is 6.92 Å². The Morgan fingerprint density at radius 1 is 1.00 bits per heavy atom. The molecule has 9 heteroatoms. The fraction of sp³-hybridized carbons (Fsp3) is 0.148. The SMILES string of the molecule is C=CC(=O)OCCNC(=O)c1ccc(/N=N/c2cc(C(=O)c3ccccc3)c(O)cc2OCC)cc1. The van der Waals surface area contributed by atoms with Gasteiger partial charge in [-0.25, -0.2) is 4.79 Å². The molecule has 0 bridgehead atoms. The molecule has 3 rings (SSSR count). The molecule has 3 aromatic rings. The maximum Gasteiger partial charge on any atom is 0.330 e. The molecule has 0 heterocycles. The Bertz CT molecular complexity index is 1270. The van der Waals surface area contributed by atoms with Crippen molar-refractivity contribution in [3.8, 4) is 11.5 Å². The zero-order valence-corrected chi connectivity index (χ0v) is 19.6. The fourth-order valence-corrected chi connectivity index (χ4v) is 3.10. The lowest BCUT2D eigenvalue weighted by Gasteiger charge is -2.10. The largest absolute Gasteiger partial charge is 0.507 e. The van der Waals surface area contributed by atoms with Crippen molar-refractivity contribution in [1.82, 2.24) is 5.32 Å². The minimum Gasteiger partial charge on any atom is -0.507 e. The van der Waals surface area contributed by atoms with Crippen LogP contribution in [0.15, 0.2) is 89.6 Å². The number of benzene rings is 3. The minimum absolute atomic E-state index is 0.0342. The first-order chi connectivity index (χ1) is 17.4. The first-order valence-electron chi connectivity index (χ1n) is 11.1. The van der Waals surface area contributed by atoms with Gasteiger partial charge in [-0.15, -0.1) is 5.11 Å². The molecule has 0 aliphatic heterocycles. The van der Waals surface area contributed by atoms with Crippen molar-refractivity contribution in [2.24, 2.45) is 10.2 Å². The van der Waals surface area contributed by atoms with Crippen LogP contribution in [-0.4, -0.2) is 42.5 Å². The average molecular weight is 488 g/mol. The highest BCUT2D eigenvalue weighted by atomic mass is 16.5. The quantitative estimate of drug-likeness (QED) is 0.130. The van der Waals surface area contributed by atoms with Crippen LogP contribution in [0.2, 0.25) is 0 Å². The third kappa shape index (κ3) is 6.86. The summed E-state index contributed by atoms with van der Waals surface area (Å²) in [7, 11) is 0. The molecule has 2 N–H and O–H groups in total. The smallest absolute Gasteiger partial charge is 0.330 e. The van der Waals surface area contributed by atoms with Gasteiger partial charge in [0.1, 0.15) is 18.0 Å². The van der Waals surface area contributed by atoms with Gasteiger partial charge >= 0.3 is 5.97 Å². The number of phenols is 1. The molecule has 0 aromatic heterocycles. The summed E-state index contributed by atoms with van der Waals surface area (Å²) < 4.78 is 10.4. The molecule has 36 heavy (non-hydrogen) atoms. The van der Waals surface area contributed by atoms with Gasteiger partial charge in [0.05, 0.1) is 24.4 Å². The average Bonchev–Trinajstić information content (AvgIpc) is 2.91. The fourth-order valence-electron chi connectivity index (χ4n) is 3.10. The van der Waals surface area contributed by atoms with E-state index in [0.29, 0.717) is 23.4 Å². The second-order valence-electron chi connectivity index (χ2n) is 7.34. The Labute approximate surface area is 208 Å². The second-order valence-corrected chi connectivity index (χ2v) is 7.34. The molecule has 0 fully saturated rings. The zero-order valence-electron chi connectivity index (χ0n) is 19.6. The number of carbonyl (C=O) groups is 3. The lowest BCUT2D eigenvalue weighted by atomic mass is 10.0. The van der Waals surface area contributed by atoms with E-state index in [1.165, 1.54) is 12.1 Å². The molecule has 9 nitrogen and oxygen atoms in total. The number of aromatic hydroxyl groups is 1. The van der Waals surface area contributed by atoms with Crippen molar-refractivity contribution in [3.63, 3.8) is 0 Å². The number of amides is 1. The van der Waals surface area contributed by atoms with E-state index in [4.69, 9.17) is 9.47 Å². The first kappa shape index (κ1) is 25.8. The number of hydrogen-bond acceptors (Lipinski definition) is 8. The van der Waals surface area contributed by atoms with Crippen LogP contribution in [-0.2, 0) is 9.53 Å². The Hall–Kier alpha value is -4.79. The number of hydrogen-bond donors (Lipinski definition) is 2. The molecule has 1 amide bonds. The summed E-state index contributed by atoms with van der Waals surface area (Å²) >= 11 is 0. The number of ether oxygens (including phenoxy) is 2. The summed E-state index contributed by atoms with van der Waals surface area (Å²) in [6, 6.07) is 17.7.